The van der Waals surface area contributed by atoms with Gasteiger partial charge in [0.25, 0.3) is 0 Å². The number of benzene rings is 3. The van der Waals surface area contributed by atoms with Gasteiger partial charge in [-0.3, -0.25) is 14.5 Å². The van der Waals surface area contributed by atoms with Crippen molar-refractivity contribution in [3.05, 3.63) is 101 Å². The topological polar surface area (TPSA) is 58.4 Å². The highest BCUT2D eigenvalue weighted by Crippen LogP contribution is 2.49. The number of halogens is 1. The van der Waals surface area contributed by atoms with Gasteiger partial charge in [0.2, 0.25) is 11.8 Å². The van der Waals surface area contributed by atoms with E-state index in [0.29, 0.717) is 36.1 Å². The molecule has 8 heteroatoms. The van der Waals surface area contributed by atoms with Crippen molar-refractivity contribution in [1.82, 2.24) is 14.7 Å². The first-order valence-electron chi connectivity index (χ1n) is 14.5. The summed E-state index contributed by atoms with van der Waals surface area (Å²) in [6.45, 7) is 7.55. The van der Waals surface area contributed by atoms with Crippen LogP contribution in [0.2, 0.25) is 0 Å². The van der Waals surface area contributed by atoms with Crippen LogP contribution in [0, 0.1) is 25.6 Å². The van der Waals surface area contributed by atoms with Gasteiger partial charge in [-0.25, -0.2) is 9.07 Å². The maximum Gasteiger partial charge on any atom is 0.242 e. The van der Waals surface area contributed by atoms with Crippen LogP contribution in [0.15, 0.2) is 72.8 Å². The lowest BCUT2D eigenvalue weighted by Gasteiger charge is -2.32. The minimum Gasteiger partial charge on any atom is -0.341 e. The molecule has 4 aromatic rings. The highest BCUT2D eigenvalue weighted by atomic mass is 32.2. The van der Waals surface area contributed by atoms with Gasteiger partial charge in [-0.2, -0.15) is 5.10 Å². The number of aryl methyl sites for hydroxylation is 2. The number of carbonyl (C=O) groups excluding carboxylic acids is 2. The van der Waals surface area contributed by atoms with Gasteiger partial charge in [-0.15, -0.1) is 11.8 Å². The van der Waals surface area contributed by atoms with Gasteiger partial charge in [-0.1, -0.05) is 73.2 Å². The average molecular weight is 583 g/mol. The summed E-state index contributed by atoms with van der Waals surface area (Å²) in [4.78, 5) is 31.2. The summed E-state index contributed by atoms with van der Waals surface area (Å²) in [5.74, 6) is 0.618. The lowest BCUT2D eigenvalue weighted by Crippen LogP contribution is -2.46. The maximum atomic E-state index is 15.5. The number of thioether (sulfide) groups is 1. The minimum atomic E-state index is -0.504. The molecule has 1 atom stereocenters. The van der Waals surface area contributed by atoms with Crippen LogP contribution in [0.1, 0.15) is 47.3 Å². The van der Waals surface area contributed by atoms with Crippen molar-refractivity contribution in [1.29, 1.82) is 0 Å². The number of carbonyl (C=O) groups is 2. The number of hydrogen-bond donors (Lipinski definition) is 0. The van der Waals surface area contributed by atoms with E-state index in [9.17, 15) is 9.59 Å². The molecule has 6 nitrogen and oxygen atoms in total. The molecule has 0 bridgehead atoms. The third-order valence-electron chi connectivity index (χ3n) is 8.33. The summed E-state index contributed by atoms with van der Waals surface area (Å²) in [5, 5.41) is 4.64. The van der Waals surface area contributed by atoms with Crippen molar-refractivity contribution in [3.8, 4) is 16.9 Å². The van der Waals surface area contributed by atoms with Crippen LogP contribution >= 0.6 is 11.8 Å². The van der Waals surface area contributed by atoms with Crippen molar-refractivity contribution in [2.45, 2.75) is 38.9 Å². The Bertz CT molecular complexity index is 1630. The van der Waals surface area contributed by atoms with E-state index in [-0.39, 0.29) is 29.9 Å². The first-order valence-corrected chi connectivity index (χ1v) is 15.6. The van der Waals surface area contributed by atoms with Crippen molar-refractivity contribution >= 4 is 29.4 Å². The molecule has 0 N–H and O–H groups in total. The van der Waals surface area contributed by atoms with E-state index in [0.717, 1.165) is 40.8 Å². The van der Waals surface area contributed by atoms with Crippen molar-refractivity contribution in [2.75, 3.05) is 30.3 Å². The highest BCUT2D eigenvalue weighted by Gasteiger charge is 2.39. The number of anilines is 1. The molecule has 3 aromatic carbocycles. The lowest BCUT2D eigenvalue weighted by atomic mass is 9.98. The van der Waals surface area contributed by atoms with Gasteiger partial charge in [0.05, 0.1) is 22.4 Å². The van der Waals surface area contributed by atoms with Crippen molar-refractivity contribution in [2.24, 2.45) is 5.92 Å². The zero-order valence-electron chi connectivity index (χ0n) is 24.2. The summed E-state index contributed by atoms with van der Waals surface area (Å²) in [7, 11) is 0. The predicted molar refractivity (Wildman–Crippen MR) is 167 cm³/mol. The van der Waals surface area contributed by atoms with Crippen LogP contribution in [0.25, 0.3) is 16.9 Å². The Morgan fingerprint density at radius 2 is 1.71 bits per heavy atom. The Hall–Kier alpha value is -3.91. The van der Waals surface area contributed by atoms with Gasteiger partial charge < -0.3 is 4.90 Å². The summed E-state index contributed by atoms with van der Waals surface area (Å²) in [6, 6.07) is 22.6. The summed E-state index contributed by atoms with van der Waals surface area (Å²) in [6.07, 6.45) is 1.91. The van der Waals surface area contributed by atoms with Crippen LogP contribution in [-0.2, 0) is 9.59 Å². The Morgan fingerprint density at radius 3 is 2.43 bits per heavy atom. The van der Waals surface area contributed by atoms with E-state index in [1.165, 1.54) is 17.8 Å². The molecule has 2 amide bonds. The van der Waals surface area contributed by atoms with Gasteiger partial charge in [0, 0.05) is 29.8 Å². The number of hydrogen-bond acceptors (Lipinski definition) is 4. The largest absolute Gasteiger partial charge is 0.341 e. The molecule has 0 spiro atoms. The van der Waals surface area contributed by atoms with E-state index in [2.05, 4.69) is 13.0 Å². The van der Waals surface area contributed by atoms with E-state index in [1.807, 2.05) is 67.3 Å². The van der Waals surface area contributed by atoms with Crippen LogP contribution in [-0.4, -0.2) is 51.9 Å². The van der Waals surface area contributed by atoms with E-state index >= 15 is 4.39 Å². The standard InChI is InChI=1S/C34H35FN4O2S/c1-22-15-17-37(18-16-22)29(40)20-38-30(41)21-42-33(26-11-7-8-12-27(26)35)31-32(25-9-5-4-6-10-25)36-39(34(31)38)28-14-13-23(2)19-24(28)3/h4-14,19,22,33H,15-18,20-21H2,1-3H3/t33-/m1/s1. The third kappa shape index (κ3) is 5.36. The molecule has 1 fully saturated rings. The molecule has 42 heavy (non-hydrogen) atoms. The number of nitrogens with zero attached hydrogens (tertiary/aromatic N) is 4. The number of likely N-dealkylation sites (tertiary alicyclic amines) is 1. The minimum absolute atomic E-state index is 0.0785. The molecule has 0 radical (unpaired) electrons. The normalized spacial score (nSPS) is 17.7. The maximum absolute atomic E-state index is 15.5. The van der Waals surface area contributed by atoms with E-state index < -0.39 is 5.25 Å². The van der Waals surface area contributed by atoms with Crippen LogP contribution in [0.4, 0.5) is 10.2 Å². The molecule has 1 saturated heterocycles. The Labute approximate surface area is 250 Å². The molecule has 0 saturated carbocycles. The summed E-state index contributed by atoms with van der Waals surface area (Å²) < 4.78 is 17.3. The lowest BCUT2D eigenvalue weighted by molar-refractivity contribution is -0.132. The number of fused-ring (bicyclic) bond motifs is 1. The van der Waals surface area contributed by atoms with E-state index in [4.69, 9.17) is 5.10 Å². The molecular weight excluding hydrogens is 547 g/mol. The fraction of sp³-hybridized carbons (Fsp3) is 0.324. The number of amides is 2. The first-order chi connectivity index (χ1) is 20.3. The fourth-order valence-electron chi connectivity index (χ4n) is 5.97. The molecule has 0 unspecified atom stereocenters. The number of rotatable bonds is 5. The van der Waals surface area contributed by atoms with Gasteiger partial charge in [-0.05, 0) is 50.3 Å². The van der Waals surface area contributed by atoms with Crippen molar-refractivity contribution < 1.29 is 14.0 Å². The average Bonchev–Trinajstić information content (AvgIpc) is 3.30. The van der Waals surface area contributed by atoms with Crippen LogP contribution < -0.4 is 4.90 Å². The second kappa shape index (κ2) is 11.8. The van der Waals surface area contributed by atoms with Gasteiger partial charge in [0.15, 0.2) is 0 Å². The SMILES string of the molecule is Cc1ccc(-n2nc(-c3ccccc3)c3c2N(CC(=O)N2CCC(C)CC2)C(=O)CS[C@@H]3c2ccccc2F)c(C)c1. The molecule has 216 valence electrons. The molecule has 2 aliphatic heterocycles. The summed E-state index contributed by atoms with van der Waals surface area (Å²) in [5.41, 5.74) is 5.68. The van der Waals surface area contributed by atoms with Gasteiger partial charge in [0.1, 0.15) is 18.2 Å². The van der Waals surface area contributed by atoms with Crippen molar-refractivity contribution in [3.63, 3.8) is 0 Å². The molecule has 3 heterocycles. The number of piperidine rings is 1. The number of aromatic nitrogens is 2. The smallest absolute Gasteiger partial charge is 0.242 e. The molecule has 6 rings (SSSR count). The monoisotopic (exact) mass is 582 g/mol. The third-order valence-corrected chi connectivity index (χ3v) is 9.57. The summed E-state index contributed by atoms with van der Waals surface area (Å²) >= 11 is 1.38. The quantitative estimate of drug-likeness (QED) is 0.262. The van der Waals surface area contributed by atoms with Gasteiger partial charge >= 0.3 is 0 Å². The molecule has 2 aliphatic rings. The predicted octanol–water partition coefficient (Wildman–Crippen LogP) is 6.72. The van der Waals surface area contributed by atoms with E-state index in [1.54, 1.807) is 21.7 Å². The molecule has 0 aliphatic carbocycles. The zero-order valence-corrected chi connectivity index (χ0v) is 25.0. The first kappa shape index (κ1) is 28.2. The second-order valence-corrected chi connectivity index (χ2v) is 12.5. The molecule has 1 aromatic heterocycles. The van der Waals surface area contributed by atoms with Crippen LogP contribution in [0.5, 0.6) is 0 Å². The van der Waals surface area contributed by atoms with Crippen LogP contribution in [0.3, 0.4) is 0 Å². The highest BCUT2D eigenvalue weighted by molar-refractivity contribution is 8.00. The zero-order chi connectivity index (χ0) is 29.4. The Kier molecular flexibility index (Phi) is 7.90. The second-order valence-electron chi connectivity index (χ2n) is 11.4. The Morgan fingerprint density at radius 1 is 1.00 bits per heavy atom. The molecular formula is C34H35FN4O2S. The fourth-order valence-corrected chi connectivity index (χ4v) is 7.19. The Balaban J connectivity index is 1.59.